The first-order chi connectivity index (χ1) is 11.2. The average Bonchev–Trinajstić information content (AvgIpc) is 2.44. The van der Waals surface area contributed by atoms with E-state index in [2.05, 4.69) is 111 Å². The third-order valence-corrected chi connectivity index (χ3v) is 10.1. The van der Waals surface area contributed by atoms with Crippen LogP contribution in [0.15, 0.2) is 53.4 Å². The Kier molecular flexibility index (Phi) is 5.13. The average molecular weight is 357 g/mol. The maximum Gasteiger partial charge on any atom is -0.0125 e. The van der Waals surface area contributed by atoms with Crippen molar-refractivity contribution in [1.82, 2.24) is 0 Å². The summed E-state index contributed by atoms with van der Waals surface area (Å²) in [6, 6.07) is 11.2. The SMILES string of the molecule is CC(C)(C)C1=CC(C(C)(C)C)=P(C)(c2ccccc2)C(C(C)(C)C)=C1. The van der Waals surface area contributed by atoms with E-state index in [0.29, 0.717) is 0 Å². The fourth-order valence-electron chi connectivity index (χ4n) is 3.94. The van der Waals surface area contributed by atoms with E-state index in [1.165, 1.54) is 10.9 Å². The van der Waals surface area contributed by atoms with Crippen LogP contribution in [0.1, 0.15) is 62.3 Å². The Morgan fingerprint density at radius 2 is 1.16 bits per heavy atom. The van der Waals surface area contributed by atoms with Crippen molar-refractivity contribution >= 4 is 17.5 Å². The number of hydrogen-bond donors (Lipinski definition) is 0. The van der Waals surface area contributed by atoms with Crippen LogP contribution in [0.4, 0.5) is 0 Å². The van der Waals surface area contributed by atoms with Crippen LogP contribution in [0, 0.1) is 16.2 Å². The van der Waals surface area contributed by atoms with Crippen molar-refractivity contribution in [2.75, 3.05) is 6.66 Å². The van der Waals surface area contributed by atoms with E-state index in [1.54, 1.807) is 10.6 Å². The standard InChI is InChI=1S/C24H37P/c1-22(2,3)18-16-20(23(4,5)6)25(10,19-14-12-11-13-15-19)21(17-18)24(7,8)9/h11-17H,1-10H3. The monoisotopic (exact) mass is 356 g/mol. The summed E-state index contributed by atoms with van der Waals surface area (Å²) in [6.45, 7) is 22.2. The van der Waals surface area contributed by atoms with Gasteiger partial charge in [-0.05, 0) is 44.4 Å². The first-order valence-corrected chi connectivity index (χ1v) is 11.7. The summed E-state index contributed by atoms with van der Waals surface area (Å²) in [7, 11) is 0. The van der Waals surface area contributed by atoms with Crippen LogP contribution >= 0.6 is 6.89 Å². The zero-order valence-corrected chi connectivity index (χ0v) is 18.9. The van der Waals surface area contributed by atoms with Crippen molar-refractivity contribution in [3.63, 3.8) is 0 Å². The molecule has 25 heavy (non-hydrogen) atoms. The van der Waals surface area contributed by atoms with Crippen molar-refractivity contribution in [2.45, 2.75) is 62.3 Å². The van der Waals surface area contributed by atoms with E-state index < -0.39 is 6.89 Å². The Morgan fingerprint density at radius 3 is 1.56 bits per heavy atom. The molecule has 0 radical (unpaired) electrons. The lowest BCUT2D eigenvalue weighted by molar-refractivity contribution is 0.503. The molecule has 138 valence electrons. The molecule has 1 heteroatoms. The topological polar surface area (TPSA) is 0 Å². The fourth-order valence-corrected chi connectivity index (χ4v) is 9.00. The van der Waals surface area contributed by atoms with E-state index in [9.17, 15) is 0 Å². The minimum atomic E-state index is -1.58. The Balaban J connectivity index is 3.01. The molecule has 0 N–H and O–H groups in total. The van der Waals surface area contributed by atoms with Crippen LogP contribution < -0.4 is 5.30 Å². The van der Waals surface area contributed by atoms with Gasteiger partial charge in [0.15, 0.2) is 0 Å². The lowest BCUT2D eigenvalue weighted by Gasteiger charge is -2.44. The van der Waals surface area contributed by atoms with Crippen molar-refractivity contribution in [3.05, 3.63) is 53.4 Å². The van der Waals surface area contributed by atoms with Crippen molar-refractivity contribution in [3.8, 4) is 0 Å². The summed E-state index contributed by atoms with van der Waals surface area (Å²) in [6.07, 6.45) is 5.08. The molecule has 0 aromatic heterocycles. The van der Waals surface area contributed by atoms with Crippen LogP contribution in [0.25, 0.3) is 0 Å². The maximum atomic E-state index is 2.54. The Labute approximate surface area is 156 Å². The summed E-state index contributed by atoms with van der Waals surface area (Å²) >= 11 is 0. The zero-order valence-electron chi connectivity index (χ0n) is 18.0. The fraction of sp³-hybridized carbons (Fsp3) is 0.542. The van der Waals surface area contributed by atoms with E-state index in [4.69, 9.17) is 0 Å². The van der Waals surface area contributed by atoms with Gasteiger partial charge >= 0.3 is 0 Å². The van der Waals surface area contributed by atoms with E-state index in [1.807, 2.05) is 0 Å². The van der Waals surface area contributed by atoms with Crippen molar-refractivity contribution in [2.24, 2.45) is 16.2 Å². The van der Waals surface area contributed by atoms with Gasteiger partial charge in [0.05, 0.1) is 0 Å². The first kappa shape index (κ1) is 20.3. The Hall–Kier alpha value is -1.00. The van der Waals surface area contributed by atoms with E-state index in [-0.39, 0.29) is 16.2 Å². The van der Waals surface area contributed by atoms with Gasteiger partial charge < -0.3 is 0 Å². The smallest absolute Gasteiger partial charge is 0.0125 e. The van der Waals surface area contributed by atoms with Gasteiger partial charge in [-0.15, -0.1) is 0 Å². The highest BCUT2D eigenvalue weighted by atomic mass is 31.2. The Bertz CT molecular complexity index is 748. The number of rotatable bonds is 1. The minimum absolute atomic E-state index is 0.152. The van der Waals surface area contributed by atoms with Gasteiger partial charge in [-0.3, -0.25) is 0 Å². The first-order valence-electron chi connectivity index (χ1n) is 9.43. The van der Waals surface area contributed by atoms with Crippen LogP contribution in [0.2, 0.25) is 0 Å². The number of benzene rings is 1. The predicted octanol–water partition coefficient (Wildman–Crippen LogP) is 7.09. The molecule has 0 aliphatic carbocycles. The molecule has 0 saturated heterocycles. The molecule has 0 amide bonds. The molecule has 1 aliphatic heterocycles. The molecule has 1 atom stereocenters. The molecule has 0 nitrogen and oxygen atoms in total. The lowest BCUT2D eigenvalue weighted by Crippen LogP contribution is -2.30. The summed E-state index contributed by atoms with van der Waals surface area (Å²) < 4.78 is 0. The van der Waals surface area contributed by atoms with Gasteiger partial charge in [-0.1, -0.05) is 112 Å². The maximum absolute atomic E-state index is 2.54. The molecule has 2 rings (SSSR count). The van der Waals surface area contributed by atoms with Gasteiger partial charge in [0.25, 0.3) is 0 Å². The van der Waals surface area contributed by atoms with E-state index >= 15 is 0 Å². The molecular formula is C24H37P. The largest absolute Gasteiger partial charge is 0.0622 e. The van der Waals surface area contributed by atoms with Gasteiger partial charge in [-0.25, -0.2) is 0 Å². The molecule has 0 fully saturated rings. The highest BCUT2D eigenvalue weighted by molar-refractivity contribution is 7.86. The number of allylic oxidation sites excluding steroid dienone is 4. The minimum Gasteiger partial charge on any atom is -0.0622 e. The molecular weight excluding hydrogens is 319 g/mol. The second-order valence-corrected chi connectivity index (χ2v) is 14.1. The number of hydrogen-bond acceptors (Lipinski definition) is 0. The van der Waals surface area contributed by atoms with Gasteiger partial charge in [0.1, 0.15) is 0 Å². The summed E-state index contributed by atoms with van der Waals surface area (Å²) in [5.74, 6) is 0. The lowest BCUT2D eigenvalue weighted by atomic mass is 9.81. The molecule has 0 saturated carbocycles. The molecule has 1 aromatic rings. The van der Waals surface area contributed by atoms with Crippen molar-refractivity contribution in [1.29, 1.82) is 0 Å². The second-order valence-electron chi connectivity index (χ2n) is 10.6. The van der Waals surface area contributed by atoms with Crippen LogP contribution in [0.5, 0.6) is 0 Å². The van der Waals surface area contributed by atoms with Crippen molar-refractivity contribution < 1.29 is 0 Å². The summed E-state index contributed by atoms with van der Waals surface area (Å²) in [5, 5.41) is 4.76. The molecule has 0 bridgehead atoms. The molecule has 0 spiro atoms. The zero-order chi connectivity index (χ0) is 19.3. The predicted molar refractivity (Wildman–Crippen MR) is 118 cm³/mol. The van der Waals surface area contributed by atoms with E-state index in [0.717, 1.165) is 0 Å². The third kappa shape index (κ3) is 3.90. The second kappa shape index (κ2) is 6.31. The highest BCUT2D eigenvalue weighted by Gasteiger charge is 2.38. The molecule has 1 unspecified atom stereocenters. The normalized spacial score (nSPS) is 22.6. The third-order valence-electron chi connectivity index (χ3n) is 5.22. The molecule has 1 aromatic carbocycles. The van der Waals surface area contributed by atoms with Crippen LogP contribution in [0.3, 0.4) is 0 Å². The van der Waals surface area contributed by atoms with Gasteiger partial charge in [0, 0.05) is 0 Å². The highest BCUT2D eigenvalue weighted by Crippen LogP contribution is 2.63. The van der Waals surface area contributed by atoms with Gasteiger partial charge in [0.2, 0.25) is 0 Å². The molecule has 1 aliphatic rings. The summed E-state index contributed by atoms with van der Waals surface area (Å²) in [5.41, 5.74) is 1.93. The van der Waals surface area contributed by atoms with Crippen LogP contribution in [-0.4, -0.2) is 12.0 Å². The molecule has 1 heterocycles. The van der Waals surface area contributed by atoms with Gasteiger partial charge in [-0.2, -0.15) is 0 Å². The Morgan fingerprint density at radius 1 is 0.640 bits per heavy atom. The quantitative estimate of drug-likeness (QED) is 0.471. The summed E-state index contributed by atoms with van der Waals surface area (Å²) in [4.78, 5) is 0. The van der Waals surface area contributed by atoms with Crippen LogP contribution in [-0.2, 0) is 0 Å².